The van der Waals surface area contributed by atoms with Gasteiger partial charge in [-0.1, -0.05) is 32.6 Å². The van der Waals surface area contributed by atoms with Gasteiger partial charge in [-0.2, -0.15) is 0 Å². The Bertz CT molecular complexity index is 437. The Hall–Kier alpha value is -0.160. The summed E-state index contributed by atoms with van der Waals surface area (Å²) in [6, 6.07) is 1.13. The number of hydrogen-bond donors (Lipinski definition) is 4. The van der Waals surface area contributed by atoms with E-state index in [2.05, 4.69) is 83.6 Å². The maximum absolute atomic E-state index is 4.07. The molecule has 2 aliphatic rings. The minimum absolute atomic E-state index is 0.185. The molecular formula is C25H52N4. The molecule has 2 saturated heterocycles. The molecule has 0 unspecified atom stereocenters. The van der Waals surface area contributed by atoms with E-state index in [1.807, 2.05) is 0 Å². The van der Waals surface area contributed by atoms with Gasteiger partial charge in [0.1, 0.15) is 0 Å². The lowest BCUT2D eigenvalue weighted by Crippen LogP contribution is -2.66. The third-order valence-corrected chi connectivity index (χ3v) is 6.60. The fourth-order valence-corrected chi connectivity index (χ4v) is 6.44. The first-order chi connectivity index (χ1) is 13.2. The Kier molecular flexibility index (Phi) is 8.26. The van der Waals surface area contributed by atoms with Crippen molar-refractivity contribution in [3.8, 4) is 0 Å². The largest absolute Gasteiger partial charge is 0.307 e. The zero-order valence-electron chi connectivity index (χ0n) is 21.1. The van der Waals surface area contributed by atoms with Gasteiger partial charge in [0.25, 0.3) is 0 Å². The first-order valence-electron chi connectivity index (χ1n) is 12.3. The van der Waals surface area contributed by atoms with E-state index in [0.717, 1.165) is 0 Å². The third-order valence-electron chi connectivity index (χ3n) is 6.60. The van der Waals surface area contributed by atoms with E-state index in [9.17, 15) is 0 Å². The fraction of sp³-hybridized carbons (Fsp3) is 1.00. The molecule has 0 atom stereocenters. The molecule has 2 aliphatic heterocycles. The molecule has 4 nitrogen and oxygen atoms in total. The van der Waals surface area contributed by atoms with Crippen LogP contribution in [-0.2, 0) is 0 Å². The van der Waals surface area contributed by atoms with E-state index >= 15 is 0 Å². The van der Waals surface area contributed by atoms with Crippen LogP contribution in [0.4, 0.5) is 0 Å². The molecular weight excluding hydrogens is 356 g/mol. The van der Waals surface area contributed by atoms with Crippen molar-refractivity contribution in [3.05, 3.63) is 0 Å². The van der Waals surface area contributed by atoms with Crippen LogP contribution in [-0.4, -0.2) is 40.4 Å². The molecule has 4 heteroatoms. The van der Waals surface area contributed by atoms with Crippen LogP contribution in [0.5, 0.6) is 0 Å². The van der Waals surface area contributed by atoms with Gasteiger partial charge in [0.15, 0.2) is 0 Å². The first kappa shape index (κ1) is 25.1. The Morgan fingerprint density at radius 1 is 0.655 bits per heavy atom. The van der Waals surface area contributed by atoms with Crippen LogP contribution in [0.15, 0.2) is 0 Å². The van der Waals surface area contributed by atoms with Crippen molar-refractivity contribution < 1.29 is 0 Å². The third kappa shape index (κ3) is 8.85. The van der Waals surface area contributed by atoms with Gasteiger partial charge in [-0.15, -0.1) is 0 Å². The van der Waals surface area contributed by atoms with Crippen molar-refractivity contribution in [2.75, 3.05) is 0 Å². The van der Waals surface area contributed by atoms with Crippen molar-refractivity contribution in [2.24, 2.45) is 0 Å². The van der Waals surface area contributed by atoms with Crippen molar-refractivity contribution in [1.29, 1.82) is 0 Å². The summed E-state index contributed by atoms with van der Waals surface area (Å²) in [5.41, 5.74) is 0.742. The molecule has 4 N–H and O–H groups in total. The molecule has 0 spiro atoms. The predicted molar refractivity (Wildman–Crippen MR) is 127 cm³/mol. The summed E-state index contributed by atoms with van der Waals surface area (Å²) in [4.78, 5) is 0. The Balaban J connectivity index is 2.04. The molecule has 0 bridgehead atoms. The van der Waals surface area contributed by atoms with Crippen LogP contribution >= 0.6 is 0 Å². The fourth-order valence-electron chi connectivity index (χ4n) is 6.44. The zero-order valence-corrected chi connectivity index (χ0v) is 21.1. The highest BCUT2D eigenvalue weighted by Crippen LogP contribution is 2.31. The highest BCUT2D eigenvalue weighted by molar-refractivity contribution is 5.02. The monoisotopic (exact) mass is 408 g/mol. The number of hydrogen-bond acceptors (Lipinski definition) is 4. The summed E-state index contributed by atoms with van der Waals surface area (Å²) < 4.78 is 0. The first-order valence-corrected chi connectivity index (χ1v) is 12.3. The second-order valence-corrected chi connectivity index (χ2v) is 12.7. The van der Waals surface area contributed by atoms with Gasteiger partial charge in [-0.05, 0) is 87.5 Å². The second kappa shape index (κ2) is 9.54. The predicted octanol–water partition coefficient (Wildman–Crippen LogP) is 5.08. The zero-order chi connectivity index (χ0) is 21.9. The van der Waals surface area contributed by atoms with E-state index < -0.39 is 0 Å². The summed E-state index contributed by atoms with van der Waals surface area (Å²) in [6.07, 6.45) is 11.7. The molecule has 29 heavy (non-hydrogen) atoms. The average Bonchev–Trinajstić information content (AvgIpc) is 2.44. The lowest BCUT2D eigenvalue weighted by atomic mass is 9.79. The van der Waals surface area contributed by atoms with Crippen LogP contribution in [0, 0.1) is 0 Å². The standard InChI is InChI=1S/C25H52N4/c1-10-11-12-13-14-21(26-19-15-22(2,3)28-23(4,5)16-19)27-20-17-24(6,7)29-25(8,9)18-20/h19-21,26-29H,10-18H2,1-9H3. The molecule has 0 aromatic heterocycles. The van der Waals surface area contributed by atoms with Gasteiger partial charge in [0.2, 0.25) is 0 Å². The topological polar surface area (TPSA) is 48.1 Å². The van der Waals surface area contributed by atoms with Crippen LogP contribution in [0.25, 0.3) is 0 Å². The van der Waals surface area contributed by atoms with E-state index in [4.69, 9.17) is 0 Å². The number of piperidine rings is 2. The van der Waals surface area contributed by atoms with Crippen LogP contribution in [0.3, 0.4) is 0 Å². The van der Waals surface area contributed by atoms with Gasteiger partial charge < -0.3 is 10.6 Å². The minimum Gasteiger partial charge on any atom is -0.307 e. The van der Waals surface area contributed by atoms with E-state index in [0.29, 0.717) is 18.2 Å². The molecule has 2 heterocycles. The lowest BCUT2D eigenvalue weighted by molar-refractivity contribution is 0.112. The molecule has 172 valence electrons. The van der Waals surface area contributed by atoms with Gasteiger partial charge in [0, 0.05) is 34.2 Å². The molecule has 0 amide bonds. The maximum atomic E-state index is 4.07. The number of unbranched alkanes of at least 4 members (excludes halogenated alkanes) is 3. The normalized spacial score (nSPS) is 26.7. The van der Waals surface area contributed by atoms with E-state index in [1.165, 1.54) is 57.8 Å². The summed E-state index contributed by atoms with van der Waals surface area (Å²) in [6.45, 7) is 21.1. The summed E-state index contributed by atoms with van der Waals surface area (Å²) in [7, 11) is 0. The van der Waals surface area contributed by atoms with Crippen molar-refractivity contribution in [1.82, 2.24) is 21.3 Å². The number of nitrogens with one attached hydrogen (secondary N) is 4. The maximum Gasteiger partial charge on any atom is 0.0575 e. The quantitative estimate of drug-likeness (QED) is 0.317. The van der Waals surface area contributed by atoms with Crippen LogP contribution in [0.1, 0.15) is 120 Å². The van der Waals surface area contributed by atoms with Crippen molar-refractivity contribution >= 4 is 0 Å². The smallest absolute Gasteiger partial charge is 0.0575 e. The van der Waals surface area contributed by atoms with Gasteiger partial charge in [0.05, 0.1) is 6.17 Å². The summed E-state index contributed by atoms with van der Waals surface area (Å²) >= 11 is 0. The Morgan fingerprint density at radius 3 is 1.38 bits per heavy atom. The molecule has 2 rings (SSSR count). The van der Waals surface area contributed by atoms with E-state index in [1.54, 1.807) is 0 Å². The average molecular weight is 409 g/mol. The SMILES string of the molecule is CCCCCCC(NC1CC(C)(C)NC(C)(C)C1)NC1CC(C)(C)NC(C)(C)C1. The van der Waals surface area contributed by atoms with E-state index in [-0.39, 0.29) is 22.2 Å². The molecule has 0 saturated carbocycles. The molecule has 0 aliphatic carbocycles. The molecule has 0 aromatic carbocycles. The Labute approximate surface area is 182 Å². The summed E-state index contributed by atoms with van der Waals surface area (Å²) in [5, 5.41) is 15.8. The second-order valence-electron chi connectivity index (χ2n) is 12.7. The van der Waals surface area contributed by atoms with Gasteiger partial charge in [-0.25, -0.2) is 0 Å². The van der Waals surface area contributed by atoms with Crippen molar-refractivity contribution in [3.63, 3.8) is 0 Å². The van der Waals surface area contributed by atoms with Crippen molar-refractivity contribution in [2.45, 2.75) is 161 Å². The molecule has 0 radical (unpaired) electrons. The van der Waals surface area contributed by atoms with Gasteiger partial charge >= 0.3 is 0 Å². The highest BCUT2D eigenvalue weighted by Gasteiger charge is 2.40. The lowest BCUT2D eigenvalue weighted by Gasteiger charge is -2.49. The van der Waals surface area contributed by atoms with Crippen LogP contribution < -0.4 is 21.3 Å². The molecule has 0 aromatic rings. The highest BCUT2D eigenvalue weighted by atomic mass is 15.2. The Morgan fingerprint density at radius 2 is 1.03 bits per heavy atom. The summed E-state index contributed by atoms with van der Waals surface area (Å²) in [5.74, 6) is 0. The molecule has 2 fully saturated rings. The number of rotatable bonds is 9. The minimum atomic E-state index is 0.185. The van der Waals surface area contributed by atoms with Gasteiger partial charge in [-0.3, -0.25) is 10.6 Å². The van der Waals surface area contributed by atoms with Crippen LogP contribution in [0.2, 0.25) is 0 Å².